The van der Waals surface area contributed by atoms with Crippen molar-refractivity contribution in [2.75, 3.05) is 13.1 Å². The van der Waals surface area contributed by atoms with Crippen LogP contribution >= 0.6 is 23.2 Å². The van der Waals surface area contributed by atoms with Gasteiger partial charge in [-0.3, -0.25) is 9.69 Å². The molecule has 7 heteroatoms. The van der Waals surface area contributed by atoms with Gasteiger partial charge in [0.15, 0.2) is 0 Å². The SMILES string of the molecule is C[C@H](c1cc(Cl)cc(Cl)c1)N1CCC[C@@H](Oc2cc(F)c(C(N)=O)cc2C2CC2)C1. The van der Waals surface area contributed by atoms with Gasteiger partial charge in [0.05, 0.1) is 5.56 Å². The lowest BCUT2D eigenvalue weighted by molar-refractivity contribution is 0.0650. The van der Waals surface area contributed by atoms with E-state index in [0.29, 0.717) is 28.3 Å². The largest absolute Gasteiger partial charge is 0.489 e. The number of carbonyl (C=O) groups is 1. The van der Waals surface area contributed by atoms with Crippen LogP contribution in [-0.4, -0.2) is 30.0 Å². The molecule has 1 saturated heterocycles. The van der Waals surface area contributed by atoms with Crippen LogP contribution in [0.4, 0.5) is 4.39 Å². The smallest absolute Gasteiger partial charge is 0.251 e. The maximum atomic E-state index is 14.4. The third kappa shape index (κ3) is 4.74. The zero-order valence-electron chi connectivity index (χ0n) is 16.8. The van der Waals surface area contributed by atoms with Crippen LogP contribution in [0.15, 0.2) is 30.3 Å². The predicted molar refractivity (Wildman–Crippen MR) is 117 cm³/mol. The van der Waals surface area contributed by atoms with Gasteiger partial charge in [0.25, 0.3) is 5.91 Å². The number of ether oxygens (including phenoxy) is 1. The second-order valence-corrected chi connectivity index (χ2v) is 9.14. The second kappa shape index (κ2) is 8.74. The summed E-state index contributed by atoms with van der Waals surface area (Å²) in [5, 5.41) is 1.24. The van der Waals surface area contributed by atoms with E-state index in [0.717, 1.165) is 43.4 Å². The lowest BCUT2D eigenvalue weighted by atomic mass is 10.0. The number of rotatable bonds is 6. The molecule has 2 aliphatic rings. The summed E-state index contributed by atoms with van der Waals surface area (Å²) in [7, 11) is 0. The summed E-state index contributed by atoms with van der Waals surface area (Å²) >= 11 is 12.4. The predicted octanol–water partition coefficient (Wildman–Crippen LogP) is 5.71. The molecule has 0 radical (unpaired) electrons. The highest BCUT2D eigenvalue weighted by Gasteiger charge is 2.31. The first kappa shape index (κ1) is 21.4. The Labute approximate surface area is 186 Å². The molecule has 0 unspecified atom stereocenters. The second-order valence-electron chi connectivity index (χ2n) is 8.26. The van der Waals surface area contributed by atoms with Crippen LogP contribution in [0.2, 0.25) is 10.0 Å². The molecule has 2 N–H and O–H groups in total. The van der Waals surface area contributed by atoms with E-state index in [-0.39, 0.29) is 17.7 Å². The van der Waals surface area contributed by atoms with Crippen LogP contribution in [0.5, 0.6) is 5.75 Å². The number of amides is 1. The zero-order valence-corrected chi connectivity index (χ0v) is 18.3. The molecule has 4 nitrogen and oxygen atoms in total. The standard InChI is InChI=1S/C23H25Cl2FN2O2/c1-13(15-7-16(24)9-17(25)8-15)28-6-2-3-18(12-28)30-22-11-21(26)20(23(27)29)10-19(22)14-4-5-14/h7-11,13-14,18H,2-6,12H2,1H3,(H2,27,29)/t13-,18-/m1/s1. The van der Waals surface area contributed by atoms with Gasteiger partial charge in [0.2, 0.25) is 0 Å². The average molecular weight is 451 g/mol. The maximum absolute atomic E-state index is 14.4. The Morgan fingerprint density at radius 2 is 1.87 bits per heavy atom. The van der Waals surface area contributed by atoms with Crippen LogP contribution in [0.25, 0.3) is 0 Å². The third-order valence-corrected chi connectivity index (χ3v) is 6.44. The van der Waals surface area contributed by atoms with Crippen LogP contribution in [0.1, 0.15) is 66.1 Å². The molecule has 4 rings (SSSR count). The van der Waals surface area contributed by atoms with E-state index >= 15 is 0 Å². The fraction of sp³-hybridized carbons (Fsp3) is 0.435. The van der Waals surface area contributed by atoms with Gasteiger partial charge in [-0.2, -0.15) is 0 Å². The number of nitrogens with zero attached hydrogens (tertiary/aromatic N) is 1. The summed E-state index contributed by atoms with van der Waals surface area (Å²) in [6.07, 6.45) is 3.84. The Morgan fingerprint density at radius 1 is 1.17 bits per heavy atom. The highest BCUT2D eigenvalue weighted by atomic mass is 35.5. The lowest BCUT2D eigenvalue weighted by Crippen LogP contribution is -2.42. The molecule has 160 valence electrons. The minimum atomic E-state index is -0.751. The van der Waals surface area contributed by atoms with Crippen LogP contribution < -0.4 is 10.5 Å². The summed E-state index contributed by atoms with van der Waals surface area (Å²) in [5.74, 6) is -0.536. The van der Waals surface area contributed by atoms with Crippen molar-refractivity contribution >= 4 is 29.1 Å². The molecule has 2 aromatic rings. The van der Waals surface area contributed by atoms with Crippen molar-refractivity contribution in [3.05, 3.63) is 62.9 Å². The highest BCUT2D eigenvalue weighted by Crippen LogP contribution is 2.45. The number of primary amides is 1. The minimum Gasteiger partial charge on any atom is -0.489 e. The van der Waals surface area contributed by atoms with Crippen molar-refractivity contribution in [2.24, 2.45) is 5.73 Å². The van der Waals surface area contributed by atoms with Gasteiger partial charge in [-0.05, 0) is 80.5 Å². The number of hydrogen-bond acceptors (Lipinski definition) is 3. The lowest BCUT2D eigenvalue weighted by Gasteiger charge is -2.37. The van der Waals surface area contributed by atoms with Crippen molar-refractivity contribution in [1.29, 1.82) is 0 Å². The van der Waals surface area contributed by atoms with Crippen molar-refractivity contribution in [3.8, 4) is 5.75 Å². The summed E-state index contributed by atoms with van der Waals surface area (Å²) < 4.78 is 20.7. The maximum Gasteiger partial charge on any atom is 0.251 e. The van der Waals surface area contributed by atoms with Crippen molar-refractivity contribution in [3.63, 3.8) is 0 Å². The molecule has 0 bridgehead atoms. The highest BCUT2D eigenvalue weighted by molar-refractivity contribution is 6.34. The molecule has 30 heavy (non-hydrogen) atoms. The average Bonchev–Trinajstić information content (AvgIpc) is 3.52. The van der Waals surface area contributed by atoms with Gasteiger partial charge in [0, 0.05) is 28.7 Å². The van der Waals surface area contributed by atoms with Gasteiger partial charge in [-0.15, -0.1) is 0 Å². The first-order valence-corrected chi connectivity index (χ1v) is 11.1. The molecule has 1 aliphatic heterocycles. The molecule has 1 heterocycles. The minimum absolute atomic E-state index is 0.0628. The number of hydrogen-bond donors (Lipinski definition) is 1. The van der Waals surface area contributed by atoms with Crippen molar-refractivity contribution in [2.45, 2.75) is 50.7 Å². The van der Waals surface area contributed by atoms with Gasteiger partial charge < -0.3 is 10.5 Å². The molecule has 1 amide bonds. The number of benzene rings is 2. The molecular weight excluding hydrogens is 426 g/mol. The number of likely N-dealkylation sites (tertiary alicyclic amines) is 1. The van der Waals surface area contributed by atoms with E-state index in [9.17, 15) is 9.18 Å². The normalized spacial score (nSPS) is 20.7. The van der Waals surface area contributed by atoms with E-state index in [1.165, 1.54) is 6.07 Å². The van der Waals surface area contributed by atoms with E-state index in [4.69, 9.17) is 33.7 Å². The van der Waals surface area contributed by atoms with Crippen LogP contribution in [0.3, 0.4) is 0 Å². The topological polar surface area (TPSA) is 55.6 Å². The quantitative estimate of drug-likeness (QED) is 0.612. The van der Waals surface area contributed by atoms with E-state index < -0.39 is 11.7 Å². The van der Waals surface area contributed by atoms with Gasteiger partial charge in [-0.1, -0.05) is 23.2 Å². The third-order valence-electron chi connectivity index (χ3n) is 6.00. The fourth-order valence-electron chi connectivity index (χ4n) is 4.20. The molecule has 0 aromatic heterocycles. The first-order chi connectivity index (χ1) is 14.3. The van der Waals surface area contributed by atoms with Crippen LogP contribution in [0, 0.1) is 5.82 Å². The number of halogens is 3. The van der Waals surface area contributed by atoms with Crippen molar-refractivity contribution in [1.82, 2.24) is 4.90 Å². The Morgan fingerprint density at radius 3 is 2.50 bits per heavy atom. The zero-order chi connectivity index (χ0) is 21.4. The van der Waals surface area contributed by atoms with Gasteiger partial charge in [-0.25, -0.2) is 4.39 Å². The molecular formula is C23H25Cl2FN2O2. The molecule has 2 aromatic carbocycles. The summed E-state index contributed by atoms with van der Waals surface area (Å²) in [6.45, 7) is 3.78. The molecule has 2 atom stereocenters. The number of nitrogens with two attached hydrogens (primary N) is 1. The Balaban J connectivity index is 1.52. The van der Waals surface area contributed by atoms with E-state index in [1.54, 1.807) is 12.1 Å². The van der Waals surface area contributed by atoms with Gasteiger partial charge >= 0.3 is 0 Å². The Hall–Kier alpha value is -1.82. The van der Waals surface area contributed by atoms with Crippen LogP contribution in [-0.2, 0) is 0 Å². The summed E-state index contributed by atoms with van der Waals surface area (Å²) in [4.78, 5) is 13.9. The van der Waals surface area contributed by atoms with E-state index in [1.807, 2.05) is 12.1 Å². The monoisotopic (exact) mass is 450 g/mol. The molecule has 1 aliphatic carbocycles. The molecule has 2 fully saturated rings. The summed E-state index contributed by atoms with van der Waals surface area (Å²) in [5.41, 5.74) is 7.20. The molecule has 1 saturated carbocycles. The van der Waals surface area contributed by atoms with Crippen molar-refractivity contribution < 1.29 is 13.9 Å². The Kier molecular flexibility index (Phi) is 6.24. The van der Waals surface area contributed by atoms with Gasteiger partial charge in [0.1, 0.15) is 17.7 Å². The van der Waals surface area contributed by atoms with E-state index in [2.05, 4.69) is 11.8 Å². The Bertz CT molecular complexity index is 944. The first-order valence-electron chi connectivity index (χ1n) is 10.3. The fourth-order valence-corrected chi connectivity index (χ4v) is 4.74. The number of carbonyl (C=O) groups excluding carboxylic acids is 1. The summed E-state index contributed by atoms with van der Waals surface area (Å²) in [6, 6.07) is 8.63. The number of piperidine rings is 1. The molecule has 0 spiro atoms.